The summed E-state index contributed by atoms with van der Waals surface area (Å²) < 4.78 is 24.8. The van der Waals surface area contributed by atoms with Crippen molar-refractivity contribution < 1.29 is 8.42 Å². The molecule has 27 heavy (non-hydrogen) atoms. The van der Waals surface area contributed by atoms with E-state index in [1.165, 1.54) is 6.20 Å². The van der Waals surface area contributed by atoms with Crippen LogP contribution in [-0.2, 0) is 16.6 Å². The maximum Gasteiger partial charge on any atom is 0.253 e. The summed E-state index contributed by atoms with van der Waals surface area (Å²) in [5.74, 6) is 0.292. The highest BCUT2D eigenvalue weighted by molar-refractivity contribution is 7.88. The van der Waals surface area contributed by atoms with Gasteiger partial charge in [0, 0.05) is 17.1 Å². The van der Waals surface area contributed by atoms with Gasteiger partial charge in [-0.3, -0.25) is 4.79 Å². The van der Waals surface area contributed by atoms with E-state index in [9.17, 15) is 13.2 Å². The number of hydrogen-bond acceptors (Lipinski definition) is 6. The number of nitrogens with zero attached hydrogens (tertiary/aromatic N) is 2. The molecule has 0 aliphatic heterocycles. The molecule has 0 radical (unpaired) electrons. The van der Waals surface area contributed by atoms with Crippen LogP contribution in [0.4, 0.5) is 5.95 Å². The number of pyridine rings is 1. The van der Waals surface area contributed by atoms with Gasteiger partial charge in [-0.1, -0.05) is 23.7 Å². The first-order valence-electron chi connectivity index (χ1n) is 8.07. The summed E-state index contributed by atoms with van der Waals surface area (Å²) in [7, 11) is -3.32. The molecule has 0 bridgehead atoms. The zero-order valence-electron chi connectivity index (χ0n) is 14.7. The zero-order chi connectivity index (χ0) is 19.6. The number of fused-ring (bicyclic) bond motifs is 1. The van der Waals surface area contributed by atoms with Crippen molar-refractivity contribution in [1.29, 1.82) is 0 Å². The number of aromatic nitrogens is 3. The lowest BCUT2D eigenvalue weighted by Crippen LogP contribution is -2.23. The van der Waals surface area contributed by atoms with Gasteiger partial charge in [0.25, 0.3) is 5.56 Å². The Hall–Kier alpha value is -2.49. The van der Waals surface area contributed by atoms with E-state index in [2.05, 4.69) is 25.0 Å². The lowest BCUT2D eigenvalue weighted by atomic mass is 10.1. The minimum absolute atomic E-state index is 0.0550. The molecule has 3 N–H and O–H groups in total. The zero-order valence-corrected chi connectivity index (χ0v) is 16.2. The molecule has 3 rings (SSSR count). The average Bonchev–Trinajstić information content (AvgIpc) is 2.60. The largest absolute Gasteiger partial charge is 0.347 e. The van der Waals surface area contributed by atoms with Crippen LogP contribution in [0.1, 0.15) is 24.2 Å². The van der Waals surface area contributed by atoms with Gasteiger partial charge < -0.3 is 10.3 Å². The molecule has 3 aromatic rings. The van der Waals surface area contributed by atoms with Gasteiger partial charge in [-0.2, -0.15) is 0 Å². The Kier molecular flexibility index (Phi) is 5.45. The summed E-state index contributed by atoms with van der Waals surface area (Å²) in [5.41, 5.74) is 1.34. The normalized spacial score (nSPS) is 12.9. The summed E-state index contributed by atoms with van der Waals surface area (Å²) >= 11 is 6.12. The second-order valence-electron chi connectivity index (χ2n) is 6.09. The molecule has 0 saturated carbocycles. The van der Waals surface area contributed by atoms with E-state index in [1.807, 2.05) is 19.1 Å². The number of rotatable bonds is 6. The van der Waals surface area contributed by atoms with Crippen LogP contribution in [0.5, 0.6) is 0 Å². The predicted octanol–water partition coefficient (Wildman–Crippen LogP) is 2.19. The first kappa shape index (κ1) is 19.3. The van der Waals surface area contributed by atoms with E-state index in [-0.39, 0.29) is 18.1 Å². The molecule has 0 unspecified atom stereocenters. The molecule has 1 atom stereocenters. The van der Waals surface area contributed by atoms with Crippen LogP contribution in [0.25, 0.3) is 10.9 Å². The van der Waals surface area contributed by atoms with Gasteiger partial charge in [-0.05, 0) is 25.1 Å². The Labute approximate surface area is 161 Å². The molecule has 2 heterocycles. The fraction of sp³-hybridized carbons (Fsp3) is 0.235. The van der Waals surface area contributed by atoms with Crippen LogP contribution in [0.3, 0.4) is 0 Å². The molecule has 2 aromatic heterocycles. The van der Waals surface area contributed by atoms with E-state index >= 15 is 0 Å². The van der Waals surface area contributed by atoms with E-state index in [0.717, 1.165) is 11.6 Å². The van der Waals surface area contributed by atoms with Crippen molar-refractivity contribution in [1.82, 2.24) is 19.7 Å². The van der Waals surface area contributed by atoms with Gasteiger partial charge in [-0.15, -0.1) is 0 Å². The third-order valence-corrected chi connectivity index (χ3v) is 4.88. The molecule has 0 aliphatic carbocycles. The lowest BCUT2D eigenvalue weighted by molar-refractivity contribution is 0.586. The summed E-state index contributed by atoms with van der Waals surface area (Å²) in [5, 5.41) is 4.36. The maximum absolute atomic E-state index is 12.4. The van der Waals surface area contributed by atoms with Crippen molar-refractivity contribution in [2.75, 3.05) is 11.6 Å². The quantitative estimate of drug-likeness (QED) is 0.576. The molecule has 1 aromatic carbocycles. The van der Waals surface area contributed by atoms with E-state index < -0.39 is 10.0 Å². The summed E-state index contributed by atoms with van der Waals surface area (Å²) in [6.45, 7) is 1.87. The number of H-pyrrole nitrogens is 1. The Bertz CT molecular complexity index is 1150. The van der Waals surface area contributed by atoms with Gasteiger partial charge >= 0.3 is 0 Å². The molecular formula is C17H18ClN5O3S. The standard InChI is InChI=1S/C17H18ClN5O3S/c1-10(13-8-11-4-3-5-14(18)15(11)23-16(13)24)21-17-19-7-6-12(22-17)9-20-27(2,25)26/h3-8,10,20H,9H2,1-2H3,(H,23,24)(H,19,21,22)/t10-/m0/s1. The monoisotopic (exact) mass is 407 g/mol. The van der Waals surface area contributed by atoms with Crippen LogP contribution in [0.2, 0.25) is 5.02 Å². The Morgan fingerprint density at radius 1 is 1.30 bits per heavy atom. The van der Waals surface area contributed by atoms with Crippen LogP contribution < -0.4 is 15.6 Å². The number of hydrogen-bond donors (Lipinski definition) is 3. The van der Waals surface area contributed by atoms with Crippen LogP contribution >= 0.6 is 11.6 Å². The molecule has 0 aliphatic rings. The van der Waals surface area contributed by atoms with Crippen molar-refractivity contribution in [3.63, 3.8) is 0 Å². The topological polar surface area (TPSA) is 117 Å². The maximum atomic E-state index is 12.4. The highest BCUT2D eigenvalue weighted by Gasteiger charge is 2.14. The van der Waals surface area contributed by atoms with Crippen LogP contribution in [0.15, 0.2) is 41.3 Å². The molecule has 0 spiro atoms. The number of anilines is 1. The molecule has 10 heteroatoms. The Morgan fingerprint density at radius 2 is 2.07 bits per heavy atom. The highest BCUT2D eigenvalue weighted by atomic mass is 35.5. The second kappa shape index (κ2) is 7.63. The number of halogens is 1. The Balaban J connectivity index is 1.83. The SMILES string of the molecule is C[C@H](Nc1nccc(CNS(C)(=O)=O)n1)c1cc2cccc(Cl)c2[nH]c1=O. The molecule has 0 amide bonds. The number of nitrogens with one attached hydrogen (secondary N) is 3. The van der Waals surface area contributed by atoms with E-state index in [0.29, 0.717) is 27.7 Å². The number of para-hydroxylation sites is 1. The summed E-state index contributed by atoms with van der Waals surface area (Å²) in [6.07, 6.45) is 2.60. The fourth-order valence-electron chi connectivity index (χ4n) is 2.57. The van der Waals surface area contributed by atoms with Crippen molar-refractivity contribution in [2.45, 2.75) is 19.5 Å². The van der Waals surface area contributed by atoms with E-state index in [1.54, 1.807) is 18.2 Å². The molecule has 142 valence electrons. The fourth-order valence-corrected chi connectivity index (χ4v) is 3.21. The first-order valence-corrected chi connectivity index (χ1v) is 10.3. The summed E-state index contributed by atoms with van der Waals surface area (Å²) in [6, 6.07) is 8.39. The minimum atomic E-state index is -3.32. The summed E-state index contributed by atoms with van der Waals surface area (Å²) in [4.78, 5) is 23.6. The number of aromatic amines is 1. The Morgan fingerprint density at radius 3 is 2.81 bits per heavy atom. The van der Waals surface area contributed by atoms with Crippen LogP contribution in [-0.4, -0.2) is 29.6 Å². The van der Waals surface area contributed by atoms with Crippen molar-refractivity contribution in [3.05, 3.63) is 63.2 Å². The van der Waals surface area contributed by atoms with E-state index in [4.69, 9.17) is 11.6 Å². The second-order valence-corrected chi connectivity index (χ2v) is 8.33. The predicted molar refractivity (Wildman–Crippen MR) is 105 cm³/mol. The van der Waals surface area contributed by atoms with Gasteiger partial charge in [0.2, 0.25) is 16.0 Å². The first-order chi connectivity index (χ1) is 12.7. The van der Waals surface area contributed by atoms with Gasteiger partial charge in [0.05, 0.1) is 35.1 Å². The van der Waals surface area contributed by atoms with Gasteiger partial charge in [-0.25, -0.2) is 23.1 Å². The molecule has 8 nitrogen and oxygen atoms in total. The van der Waals surface area contributed by atoms with Gasteiger partial charge in [0.15, 0.2) is 0 Å². The molecule has 0 saturated heterocycles. The average molecular weight is 408 g/mol. The van der Waals surface area contributed by atoms with Crippen molar-refractivity contribution >= 4 is 38.5 Å². The molecule has 0 fully saturated rings. The minimum Gasteiger partial charge on any atom is -0.347 e. The third-order valence-electron chi connectivity index (χ3n) is 3.90. The molecular weight excluding hydrogens is 390 g/mol. The third kappa shape index (κ3) is 4.82. The van der Waals surface area contributed by atoms with Gasteiger partial charge in [0.1, 0.15) is 0 Å². The smallest absolute Gasteiger partial charge is 0.253 e. The lowest BCUT2D eigenvalue weighted by Gasteiger charge is -2.15. The van der Waals surface area contributed by atoms with Crippen molar-refractivity contribution in [2.24, 2.45) is 0 Å². The highest BCUT2D eigenvalue weighted by Crippen LogP contribution is 2.23. The number of sulfonamides is 1. The van der Waals surface area contributed by atoms with Crippen molar-refractivity contribution in [3.8, 4) is 0 Å². The number of benzene rings is 1. The van der Waals surface area contributed by atoms with Crippen LogP contribution in [0, 0.1) is 0 Å².